The molecular formula is C12H17N3O. The molecule has 1 fully saturated rings. The fourth-order valence-corrected chi connectivity index (χ4v) is 1.99. The van der Waals surface area contributed by atoms with E-state index in [1.807, 2.05) is 24.3 Å². The Hall–Kier alpha value is -1.71. The van der Waals surface area contributed by atoms with E-state index in [4.69, 9.17) is 5.73 Å². The Kier molecular flexibility index (Phi) is 2.99. The van der Waals surface area contributed by atoms with E-state index in [2.05, 4.69) is 12.2 Å². The van der Waals surface area contributed by atoms with Crippen LogP contribution in [0.15, 0.2) is 24.3 Å². The lowest BCUT2D eigenvalue weighted by atomic mass is 10.2. The van der Waals surface area contributed by atoms with Crippen molar-refractivity contribution in [3.8, 4) is 0 Å². The second-order valence-corrected chi connectivity index (χ2v) is 4.14. The Bertz CT molecular complexity index is 374. The number of amides is 2. The number of anilines is 2. The first kappa shape index (κ1) is 10.8. The molecule has 86 valence electrons. The molecule has 0 spiro atoms. The molecule has 4 heteroatoms. The smallest absolute Gasteiger partial charge is 0.322 e. The van der Waals surface area contributed by atoms with Crippen molar-refractivity contribution in [2.45, 2.75) is 25.8 Å². The van der Waals surface area contributed by atoms with Gasteiger partial charge in [0.2, 0.25) is 0 Å². The molecule has 0 radical (unpaired) electrons. The quantitative estimate of drug-likeness (QED) is 0.763. The van der Waals surface area contributed by atoms with Gasteiger partial charge in [-0.2, -0.15) is 0 Å². The van der Waals surface area contributed by atoms with E-state index in [9.17, 15) is 4.79 Å². The molecule has 2 rings (SSSR count). The topological polar surface area (TPSA) is 58.4 Å². The van der Waals surface area contributed by atoms with Crippen molar-refractivity contribution in [1.29, 1.82) is 0 Å². The third-order valence-corrected chi connectivity index (χ3v) is 2.82. The first-order valence-corrected chi connectivity index (χ1v) is 5.64. The number of nitrogen functional groups attached to an aromatic ring is 1. The highest BCUT2D eigenvalue weighted by atomic mass is 16.2. The minimum atomic E-state index is -0.0109. The summed E-state index contributed by atoms with van der Waals surface area (Å²) in [6.07, 6.45) is 2.11. The van der Waals surface area contributed by atoms with Crippen LogP contribution in [0.1, 0.15) is 19.8 Å². The van der Waals surface area contributed by atoms with Gasteiger partial charge >= 0.3 is 6.03 Å². The lowest BCUT2D eigenvalue weighted by Crippen LogP contribution is -2.28. The van der Waals surface area contributed by atoms with Crippen LogP contribution in [0.3, 0.4) is 0 Å². The number of carbonyl (C=O) groups excluding carboxylic acids is 1. The van der Waals surface area contributed by atoms with Crippen LogP contribution in [0.5, 0.6) is 0 Å². The summed E-state index contributed by atoms with van der Waals surface area (Å²) < 4.78 is 0. The second kappa shape index (κ2) is 4.43. The van der Waals surface area contributed by atoms with E-state index in [-0.39, 0.29) is 12.1 Å². The summed E-state index contributed by atoms with van der Waals surface area (Å²) in [5.74, 6) is 0. The molecule has 1 heterocycles. The zero-order valence-corrected chi connectivity index (χ0v) is 9.44. The molecule has 1 aromatic carbocycles. The van der Waals surface area contributed by atoms with Crippen molar-refractivity contribution < 1.29 is 4.79 Å². The SMILES string of the molecule is CCCC1CN(c2ccc(N)cc2)C(=O)N1. The third kappa shape index (κ3) is 2.10. The van der Waals surface area contributed by atoms with Gasteiger partial charge in [0.25, 0.3) is 0 Å². The molecule has 1 saturated heterocycles. The average Bonchev–Trinajstić information content (AvgIpc) is 2.61. The van der Waals surface area contributed by atoms with Gasteiger partial charge in [-0.05, 0) is 30.7 Å². The molecule has 0 aromatic heterocycles. The van der Waals surface area contributed by atoms with Crippen LogP contribution >= 0.6 is 0 Å². The van der Waals surface area contributed by atoms with Crippen molar-refractivity contribution in [3.63, 3.8) is 0 Å². The number of carbonyl (C=O) groups is 1. The van der Waals surface area contributed by atoms with E-state index >= 15 is 0 Å². The van der Waals surface area contributed by atoms with Crippen LogP contribution in [0.4, 0.5) is 16.2 Å². The van der Waals surface area contributed by atoms with Crippen LogP contribution in [0.25, 0.3) is 0 Å². The van der Waals surface area contributed by atoms with Crippen molar-refractivity contribution in [3.05, 3.63) is 24.3 Å². The minimum absolute atomic E-state index is 0.0109. The first-order valence-electron chi connectivity index (χ1n) is 5.64. The Morgan fingerprint density at radius 3 is 2.75 bits per heavy atom. The maximum Gasteiger partial charge on any atom is 0.322 e. The highest BCUT2D eigenvalue weighted by Gasteiger charge is 2.28. The Morgan fingerprint density at radius 2 is 2.12 bits per heavy atom. The monoisotopic (exact) mass is 219 g/mol. The van der Waals surface area contributed by atoms with Crippen LogP contribution in [0.2, 0.25) is 0 Å². The Morgan fingerprint density at radius 1 is 1.44 bits per heavy atom. The number of hydrogen-bond donors (Lipinski definition) is 2. The molecule has 1 aliphatic heterocycles. The molecular weight excluding hydrogens is 202 g/mol. The lowest BCUT2D eigenvalue weighted by Gasteiger charge is -2.14. The van der Waals surface area contributed by atoms with Crippen molar-refractivity contribution >= 4 is 17.4 Å². The number of nitrogens with two attached hydrogens (primary N) is 1. The minimum Gasteiger partial charge on any atom is -0.399 e. The largest absolute Gasteiger partial charge is 0.399 e. The maximum absolute atomic E-state index is 11.7. The summed E-state index contributed by atoms with van der Waals surface area (Å²) in [6.45, 7) is 2.87. The Balaban J connectivity index is 2.10. The van der Waals surface area contributed by atoms with E-state index in [0.717, 1.165) is 25.1 Å². The van der Waals surface area contributed by atoms with Crippen LogP contribution in [0, 0.1) is 0 Å². The predicted octanol–water partition coefficient (Wildman–Crippen LogP) is 1.97. The summed E-state index contributed by atoms with van der Waals surface area (Å²) >= 11 is 0. The molecule has 3 N–H and O–H groups in total. The van der Waals surface area contributed by atoms with E-state index < -0.39 is 0 Å². The number of nitrogens with one attached hydrogen (secondary N) is 1. The molecule has 1 unspecified atom stereocenters. The number of urea groups is 1. The molecule has 0 bridgehead atoms. The number of benzene rings is 1. The zero-order valence-electron chi connectivity index (χ0n) is 9.44. The molecule has 1 aromatic rings. The van der Waals surface area contributed by atoms with Crippen molar-refractivity contribution in [2.75, 3.05) is 17.2 Å². The summed E-state index contributed by atoms with van der Waals surface area (Å²) in [5.41, 5.74) is 7.24. The van der Waals surface area contributed by atoms with Gasteiger partial charge in [-0.3, -0.25) is 4.90 Å². The third-order valence-electron chi connectivity index (χ3n) is 2.82. The van der Waals surface area contributed by atoms with Gasteiger partial charge in [0.15, 0.2) is 0 Å². The van der Waals surface area contributed by atoms with Crippen LogP contribution < -0.4 is 16.0 Å². The van der Waals surface area contributed by atoms with Crippen LogP contribution in [-0.4, -0.2) is 18.6 Å². The van der Waals surface area contributed by atoms with Crippen LogP contribution in [-0.2, 0) is 0 Å². The Labute approximate surface area is 95.4 Å². The second-order valence-electron chi connectivity index (χ2n) is 4.14. The first-order chi connectivity index (χ1) is 7.70. The summed E-state index contributed by atoms with van der Waals surface area (Å²) in [4.78, 5) is 13.5. The van der Waals surface area contributed by atoms with Gasteiger partial charge in [0, 0.05) is 24.0 Å². The van der Waals surface area contributed by atoms with Gasteiger partial charge in [-0.15, -0.1) is 0 Å². The number of nitrogens with zero attached hydrogens (tertiary/aromatic N) is 1. The van der Waals surface area contributed by atoms with Crippen molar-refractivity contribution in [2.24, 2.45) is 0 Å². The number of rotatable bonds is 3. The van der Waals surface area contributed by atoms with Gasteiger partial charge < -0.3 is 11.1 Å². The summed E-state index contributed by atoms with van der Waals surface area (Å²) in [5, 5.41) is 2.97. The normalized spacial score (nSPS) is 19.9. The fraction of sp³-hybridized carbons (Fsp3) is 0.417. The van der Waals surface area contributed by atoms with Crippen molar-refractivity contribution in [1.82, 2.24) is 5.32 Å². The summed E-state index contributed by atoms with van der Waals surface area (Å²) in [6, 6.07) is 7.65. The van der Waals surface area contributed by atoms with Gasteiger partial charge in [-0.25, -0.2) is 4.79 Å². The average molecular weight is 219 g/mol. The van der Waals surface area contributed by atoms with Gasteiger partial charge in [-0.1, -0.05) is 13.3 Å². The highest BCUT2D eigenvalue weighted by Crippen LogP contribution is 2.20. The van der Waals surface area contributed by atoms with E-state index in [0.29, 0.717) is 5.69 Å². The zero-order chi connectivity index (χ0) is 11.5. The maximum atomic E-state index is 11.7. The van der Waals surface area contributed by atoms with E-state index in [1.54, 1.807) is 4.90 Å². The molecule has 2 amide bonds. The molecule has 4 nitrogen and oxygen atoms in total. The number of hydrogen-bond acceptors (Lipinski definition) is 2. The van der Waals surface area contributed by atoms with Gasteiger partial charge in [0.05, 0.1) is 0 Å². The van der Waals surface area contributed by atoms with E-state index in [1.165, 1.54) is 0 Å². The lowest BCUT2D eigenvalue weighted by molar-refractivity contribution is 0.250. The molecule has 0 saturated carbocycles. The molecule has 16 heavy (non-hydrogen) atoms. The predicted molar refractivity (Wildman–Crippen MR) is 65.4 cm³/mol. The fourth-order valence-electron chi connectivity index (χ4n) is 1.99. The summed E-state index contributed by atoms with van der Waals surface area (Å²) in [7, 11) is 0. The standard InChI is InChI=1S/C12H17N3O/c1-2-3-10-8-15(12(16)14-10)11-6-4-9(13)5-7-11/h4-7,10H,2-3,8,13H2,1H3,(H,14,16). The highest BCUT2D eigenvalue weighted by molar-refractivity contribution is 5.94. The molecule has 0 aliphatic carbocycles. The molecule has 1 atom stereocenters. The van der Waals surface area contributed by atoms with Gasteiger partial charge in [0.1, 0.15) is 0 Å². The molecule has 1 aliphatic rings.